The smallest absolute Gasteiger partial charge is 0.416 e. The molecule has 0 heterocycles. The minimum Gasteiger partial charge on any atom is -0.744 e. The van der Waals surface area contributed by atoms with E-state index in [-0.39, 0.29) is 0 Å². The molecule has 0 aliphatic rings. The second-order valence-corrected chi connectivity index (χ2v) is 4.85. The van der Waals surface area contributed by atoms with Crippen molar-refractivity contribution in [3.8, 4) is 0 Å². The molecule has 0 saturated carbocycles. The van der Waals surface area contributed by atoms with Crippen LogP contribution < -0.4 is 0 Å². The maximum absolute atomic E-state index is 12.2. The summed E-state index contributed by atoms with van der Waals surface area (Å²) in [6.07, 6.45) is -4.72. The molecule has 0 saturated heterocycles. The average molecular weight is 294 g/mol. The van der Waals surface area contributed by atoms with E-state index in [0.29, 0.717) is 12.1 Å². The predicted octanol–water partition coefficient (Wildman–Crippen LogP) is 2.92. The molecule has 1 rings (SSSR count). The molecule has 1 aromatic carbocycles. The van der Waals surface area contributed by atoms with Crippen LogP contribution in [0, 0.1) is 0 Å². The molecule has 0 unspecified atom stereocenters. The van der Waals surface area contributed by atoms with E-state index in [9.17, 15) is 26.1 Å². The van der Waals surface area contributed by atoms with Gasteiger partial charge in [-0.3, -0.25) is 0 Å². The van der Waals surface area contributed by atoms with Crippen LogP contribution in [-0.4, -0.2) is 13.0 Å². The summed E-state index contributed by atoms with van der Waals surface area (Å²) in [6.45, 7) is 0. The van der Waals surface area contributed by atoms with E-state index < -0.39 is 36.8 Å². The molecule has 0 atom stereocenters. The Balaban J connectivity index is 3.53. The van der Waals surface area contributed by atoms with Gasteiger partial charge >= 0.3 is 6.18 Å². The van der Waals surface area contributed by atoms with Gasteiger partial charge in [0, 0.05) is 0 Å². The lowest BCUT2D eigenvalue weighted by Gasteiger charge is -2.14. The van der Waals surface area contributed by atoms with E-state index in [0.717, 1.165) is 0 Å². The number of halogens is 5. The van der Waals surface area contributed by atoms with Gasteiger partial charge < -0.3 is 4.55 Å². The summed E-state index contributed by atoms with van der Waals surface area (Å²) in [4.78, 5) is -1.05. The van der Waals surface area contributed by atoms with Gasteiger partial charge in [0.2, 0.25) is 0 Å². The van der Waals surface area contributed by atoms with Gasteiger partial charge in [-0.05, 0) is 12.1 Å². The largest absolute Gasteiger partial charge is 0.744 e. The zero-order valence-electron chi connectivity index (χ0n) is 7.18. The summed E-state index contributed by atoms with van der Waals surface area (Å²) in [5, 5.41) is -1.70. The summed E-state index contributed by atoms with van der Waals surface area (Å²) in [5.41, 5.74) is -1.23. The maximum atomic E-state index is 12.2. The van der Waals surface area contributed by atoms with E-state index in [1.807, 2.05) is 0 Å². The maximum Gasteiger partial charge on any atom is 0.416 e. The number of rotatable bonds is 1. The first kappa shape index (κ1) is 13.6. The Morgan fingerprint density at radius 1 is 1.12 bits per heavy atom. The van der Waals surface area contributed by atoms with E-state index in [1.165, 1.54) is 0 Å². The van der Waals surface area contributed by atoms with Gasteiger partial charge in [-0.2, -0.15) is 13.2 Å². The quantitative estimate of drug-likeness (QED) is 0.748. The van der Waals surface area contributed by atoms with Crippen LogP contribution in [0.4, 0.5) is 13.2 Å². The summed E-state index contributed by atoms with van der Waals surface area (Å²) < 4.78 is 68.6. The molecule has 0 N–H and O–H groups in total. The van der Waals surface area contributed by atoms with Crippen molar-refractivity contribution in [1.29, 1.82) is 0 Å². The fraction of sp³-hybridized carbons (Fsp3) is 0.143. The van der Waals surface area contributed by atoms with Crippen molar-refractivity contribution in [1.82, 2.24) is 0 Å². The van der Waals surface area contributed by atoms with Crippen LogP contribution in [-0.2, 0) is 16.3 Å². The Hall–Kier alpha value is -0.500. The van der Waals surface area contributed by atoms with Crippen LogP contribution in [0.3, 0.4) is 0 Å². The molecular formula is C7H2Cl2F3O3S-. The van der Waals surface area contributed by atoms with Crippen molar-refractivity contribution < 1.29 is 26.1 Å². The molecule has 0 spiro atoms. The summed E-state index contributed by atoms with van der Waals surface area (Å²) in [5.74, 6) is 0. The standard InChI is InChI=1S/C7H3Cl2F3O3S/c8-4-1-3(7(10,11)12)2-5(9)6(4)16(13,14)15/h1-2H,(H,13,14,15)/p-1. The summed E-state index contributed by atoms with van der Waals surface area (Å²) >= 11 is 10.5. The first-order valence-corrected chi connectivity index (χ1v) is 5.72. The molecule has 0 bridgehead atoms. The Kier molecular flexibility index (Phi) is 3.45. The lowest BCUT2D eigenvalue weighted by molar-refractivity contribution is -0.137. The Bertz CT molecular complexity index is 501. The van der Waals surface area contributed by atoms with Crippen LogP contribution in [0.1, 0.15) is 5.56 Å². The summed E-state index contributed by atoms with van der Waals surface area (Å²) in [7, 11) is -5.01. The molecule has 0 aliphatic heterocycles. The molecule has 1 aromatic rings. The third kappa shape index (κ3) is 2.79. The highest BCUT2D eigenvalue weighted by atomic mass is 35.5. The van der Waals surface area contributed by atoms with E-state index in [2.05, 4.69) is 0 Å². The third-order valence-electron chi connectivity index (χ3n) is 1.58. The normalized spacial score (nSPS) is 12.9. The van der Waals surface area contributed by atoms with Crippen molar-refractivity contribution in [2.45, 2.75) is 11.1 Å². The number of benzene rings is 1. The predicted molar refractivity (Wildman–Crippen MR) is 49.4 cm³/mol. The zero-order valence-corrected chi connectivity index (χ0v) is 9.51. The molecule has 0 aliphatic carbocycles. The highest BCUT2D eigenvalue weighted by Gasteiger charge is 2.32. The first-order valence-electron chi connectivity index (χ1n) is 3.55. The Morgan fingerprint density at radius 3 is 1.75 bits per heavy atom. The molecule has 0 fully saturated rings. The topological polar surface area (TPSA) is 57.2 Å². The fourth-order valence-electron chi connectivity index (χ4n) is 0.962. The zero-order chi connectivity index (χ0) is 12.7. The highest BCUT2D eigenvalue weighted by Crippen LogP contribution is 2.37. The highest BCUT2D eigenvalue weighted by molar-refractivity contribution is 7.86. The minimum absolute atomic E-state index is 0.332. The minimum atomic E-state index is -5.01. The van der Waals surface area contributed by atoms with Crippen molar-refractivity contribution in [2.24, 2.45) is 0 Å². The second kappa shape index (κ2) is 4.06. The average Bonchev–Trinajstić information content (AvgIpc) is 1.97. The molecule has 3 nitrogen and oxygen atoms in total. The van der Waals surface area contributed by atoms with Gasteiger partial charge in [-0.1, -0.05) is 23.2 Å². The number of hydrogen-bond acceptors (Lipinski definition) is 3. The van der Waals surface area contributed by atoms with E-state index in [4.69, 9.17) is 23.2 Å². The second-order valence-electron chi connectivity index (χ2n) is 2.72. The molecule has 9 heteroatoms. The van der Waals surface area contributed by atoms with Crippen molar-refractivity contribution in [2.75, 3.05) is 0 Å². The lowest BCUT2D eigenvalue weighted by Crippen LogP contribution is -2.08. The third-order valence-corrected chi connectivity index (χ3v) is 3.34. The summed E-state index contributed by atoms with van der Waals surface area (Å²) in [6, 6.07) is 0.663. The van der Waals surface area contributed by atoms with Gasteiger partial charge in [-0.25, -0.2) is 8.42 Å². The lowest BCUT2D eigenvalue weighted by atomic mass is 10.2. The van der Waals surface area contributed by atoms with Crippen LogP contribution in [0.15, 0.2) is 17.0 Å². The van der Waals surface area contributed by atoms with Gasteiger partial charge in [0.05, 0.1) is 20.5 Å². The fourth-order valence-corrected chi connectivity index (χ4v) is 2.61. The molecule has 90 valence electrons. The van der Waals surface area contributed by atoms with Crippen molar-refractivity contribution in [3.63, 3.8) is 0 Å². The van der Waals surface area contributed by atoms with Gasteiger partial charge in [-0.15, -0.1) is 0 Å². The molecule has 0 aromatic heterocycles. The van der Waals surface area contributed by atoms with Crippen LogP contribution in [0.5, 0.6) is 0 Å². The van der Waals surface area contributed by atoms with Gasteiger partial charge in [0.25, 0.3) is 0 Å². The van der Waals surface area contributed by atoms with Crippen LogP contribution in [0.2, 0.25) is 10.0 Å². The SMILES string of the molecule is O=S(=O)([O-])c1c(Cl)cc(C(F)(F)F)cc1Cl. The van der Waals surface area contributed by atoms with E-state index in [1.54, 1.807) is 0 Å². The first-order chi connectivity index (χ1) is 7.03. The van der Waals surface area contributed by atoms with Crippen molar-refractivity contribution >= 4 is 33.3 Å². The molecule has 0 radical (unpaired) electrons. The molecular weight excluding hydrogens is 292 g/mol. The monoisotopic (exact) mass is 293 g/mol. The van der Waals surface area contributed by atoms with E-state index >= 15 is 0 Å². The van der Waals surface area contributed by atoms with Crippen molar-refractivity contribution in [3.05, 3.63) is 27.7 Å². The Morgan fingerprint density at radius 2 is 1.50 bits per heavy atom. The van der Waals surface area contributed by atoms with Crippen LogP contribution >= 0.6 is 23.2 Å². The molecule has 0 amide bonds. The van der Waals surface area contributed by atoms with Gasteiger partial charge in [0.15, 0.2) is 0 Å². The molecule has 16 heavy (non-hydrogen) atoms. The van der Waals surface area contributed by atoms with Crippen LogP contribution in [0.25, 0.3) is 0 Å². The number of alkyl halides is 3. The Labute approximate surface area is 98.5 Å². The van der Waals surface area contributed by atoms with Gasteiger partial charge in [0.1, 0.15) is 10.1 Å². The number of hydrogen-bond donors (Lipinski definition) is 0.